The van der Waals surface area contributed by atoms with Crippen molar-refractivity contribution >= 4 is 27.4 Å². The van der Waals surface area contributed by atoms with E-state index in [1.54, 1.807) is 0 Å². The Bertz CT molecular complexity index is 901. The molecule has 1 saturated heterocycles. The van der Waals surface area contributed by atoms with Crippen LogP contribution in [0.25, 0.3) is 5.57 Å². The number of rotatable bonds is 3. The number of carbonyl (C=O) groups is 1. The van der Waals surface area contributed by atoms with Crippen molar-refractivity contribution in [1.82, 2.24) is 4.90 Å². The maximum atomic E-state index is 13.0. The Labute approximate surface area is 168 Å². The first-order valence-corrected chi connectivity index (χ1v) is 10.0. The van der Waals surface area contributed by atoms with Crippen molar-refractivity contribution in [3.63, 3.8) is 0 Å². The summed E-state index contributed by atoms with van der Waals surface area (Å²) < 4.78 is 6.84. The quantitative estimate of drug-likeness (QED) is 0.757. The van der Waals surface area contributed by atoms with Crippen LogP contribution in [0.1, 0.15) is 29.5 Å². The van der Waals surface area contributed by atoms with E-state index in [-0.39, 0.29) is 11.3 Å². The molecule has 0 aliphatic carbocycles. The highest BCUT2D eigenvalue weighted by atomic mass is 79.9. The van der Waals surface area contributed by atoms with Crippen molar-refractivity contribution in [3.05, 3.63) is 70.2 Å². The Hall–Kier alpha value is -2.11. The molecule has 0 unspecified atom stereocenters. The largest absolute Gasteiger partial charge is 0.492 e. The molecule has 4 rings (SSSR count). The van der Waals surface area contributed by atoms with E-state index in [1.807, 2.05) is 41.3 Å². The third-order valence-corrected chi connectivity index (χ3v) is 6.51. The van der Waals surface area contributed by atoms with Crippen LogP contribution in [0.3, 0.4) is 0 Å². The van der Waals surface area contributed by atoms with Gasteiger partial charge >= 0.3 is 0 Å². The molecular weight excluding hydrogens is 404 g/mol. The lowest BCUT2D eigenvalue weighted by Gasteiger charge is -2.39. The molecule has 2 aromatic rings. The molecule has 0 aromatic heterocycles. The van der Waals surface area contributed by atoms with Crippen LogP contribution in [0.15, 0.2) is 53.5 Å². The molecule has 27 heavy (non-hydrogen) atoms. The number of benzene rings is 2. The first-order chi connectivity index (χ1) is 13.0. The summed E-state index contributed by atoms with van der Waals surface area (Å²) in [6, 6.07) is 13.9. The maximum absolute atomic E-state index is 13.0. The molecule has 1 amide bonds. The van der Waals surface area contributed by atoms with Gasteiger partial charge in [-0.05, 0) is 30.5 Å². The number of likely N-dealkylation sites (tertiary alicyclic amines) is 1. The average molecular weight is 427 g/mol. The summed E-state index contributed by atoms with van der Waals surface area (Å²) >= 11 is 3.51. The van der Waals surface area contributed by atoms with Crippen molar-refractivity contribution in [2.75, 3.05) is 19.7 Å². The van der Waals surface area contributed by atoms with E-state index in [0.717, 1.165) is 34.2 Å². The number of piperidine rings is 1. The molecule has 2 aromatic carbocycles. The average Bonchev–Trinajstić information content (AvgIpc) is 3.05. The molecular formula is C22H23BrN2O2. The van der Waals surface area contributed by atoms with Gasteiger partial charge in [0.1, 0.15) is 5.75 Å². The fraction of sp³-hybridized carbons (Fsp3) is 0.318. The number of amides is 1. The highest BCUT2D eigenvalue weighted by molar-refractivity contribution is 9.10. The van der Waals surface area contributed by atoms with Crippen molar-refractivity contribution < 1.29 is 9.53 Å². The van der Waals surface area contributed by atoms with Gasteiger partial charge in [0.2, 0.25) is 0 Å². The molecule has 140 valence electrons. The third kappa shape index (κ3) is 3.19. The first-order valence-electron chi connectivity index (χ1n) is 9.23. The predicted octanol–water partition coefficient (Wildman–Crippen LogP) is 3.87. The molecule has 2 aliphatic heterocycles. The minimum atomic E-state index is -0.00798. The Morgan fingerprint density at radius 1 is 1.22 bits per heavy atom. The molecule has 5 heteroatoms. The zero-order chi connectivity index (χ0) is 19.0. The number of hydrogen-bond donors (Lipinski definition) is 1. The first kappa shape index (κ1) is 18.3. The van der Waals surface area contributed by atoms with Gasteiger partial charge < -0.3 is 15.4 Å². The number of ether oxygens (including phenoxy) is 1. The molecule has 0 atom stereocenters. The fourth-order valence-corrected chi connectivity index (χ4v) is 4.63. The van der Waals surface area contributed by atoms with E-state index in [9.17, 15) is 4.79 Å². The van der Waals surface area contributed by atoms with Crippen molar-refractivity contribution in [3.8, 4) is 5.75 Å². The zero-order valence-corrected chi connectivity index (χ0v) is 16.8. The van der Waals surface area contributed by atoms with Gasteiger partial charge in [0, 0.05) is 46.2 Å². The standard InChI is InChI=1S/C22H23BrN2O2/c1-15(17-4-2-3-5-19(17)23)21(26)25-10-8-22(9-11-25)14-27-20-7-6-16(13-24)12-18(20)22/h2-7,12H,1,8-11,13-14,24H2. The third-order valence-electron chi connectivity index (χ3n) is 5.82. The van der Waals surface area contributed by atoms with Crippen LogP contribution in [-0.2, 0) is 16.8 Å². The second-order valence-corrected chi connectivity index (χ2v) is 8.21. The fourth-order valence-electron chi connectivity index (χ4n) is 4.10. The molecule has 1 spiro atoms. The summed E-state index contributed by atoms with van der Waals surface area (Å²) in [6.45, 7) is 6.67. The van der Waals surface area contributed by atoms with Crippen molar-refractivity contribution in [2.45, 2.75) is 24.8 Å². The van der Waals surface area contributed by atoms with Gasteiger partial charge in [-0.2, -0.15) is 0 Å². The van der Waals surface area contributed by atoms with E-state index in [1.165, 1.54) is 5.56 Å². The lowest BCUT2D eigenvalue weighted by Crippen LogP contribution is -2.46. The van der Waals surface area contributed by atoms with Crippen molar-refractivity contribution in [1.29, 1.82) is 0 Å². The summed E-state index contributed by atoms with van der Waals surface area (Å²) in [5, 5.41) is 0. The van der Waals surface area contributed by atoms with Crippen LogP contribution < -0.4 is 10.5 Å². The Morgan fingerprint density at radius 3 is 2.67 bits per heavy atom. The second kappa shape index (κ2) is 7.13. The second-order valence-electron chi connectivity index (χ2n) is 7.35. The van der Waals surface area contributed by atoms with Crippen LogP contribution in [0, 0.1) is 0 Å². The summed E-state index contributed by atoms with van der Waals surface area (Å²) in [5.74, 6) is 0.969. The van der Waals surface area contributed by atoms with Crippen LogP contribution in [0.2, 0.25) is 0 Å². The highest BCUT2D eigenvalue weighted by Gasteiger charge is 2.44. The summed E-state index contributed by atoms with van der Waals surface area (Å²) in [4.78, 5) is 14.9. The van der Waals surface area contributed by atoms with Gasteiger partial charge in [-0.3, -0.25) is 4.79 Å². The number of carbonyl (C=O) groups excluding carboxylic acids is 1. The normalized spacial score (nSPS) is 17.5. The summed E-state index contributed by atoms with van der Waals surface area (Å²) in [6.07, 6.45) is 1.78. The SMILES string of the molecule is C=C(C(=O)N1CCC2(CC1)COc1ccc(CN)cc12)c1ccccc1Br. The Balaban J connectivity index is 1.50. The van der Waals surface area contributed by atoms with Gasteiger partial charge in [-0.15, -0.1) is 0 Å². The van der Waals surface area contributed by atoms with Crippen LogP contribution in [0.5, 0.6) is 5.75 Å². The molecule has 2 aliphatic rings. The van der Waals surface area contributed by atoms with Crippen LogP contribution in [0.4, 0.5) is 0 Å². The zero-order valence-electron chi connectivity index (χ0n) is 15.2. The van der Waals surface area contributed by atoms with Crippen molar-refractivity contribution in [2.24, 2.45) is 5.73 Å². The van der Waals surface area contributed by atoms with E-state index >= 15 is 0 Å². The number of fused-ring (bicyclic) bond motifs is 2. The van der Waals surface area contributed by atoms with E-state index < -0.39 is 0 Å². The molecule has 2 N–H and O–H groups in total. The minimum absolute atomic E-state index is 0.00611. The Kier molecular flexibility index (Phi) is 4.82. The summed E-state index contributed by atoms with van der Waals surface area (Å²) in [5.41, 5.74) is 9.57. The molecule has 1 fully saturated rings. The van der Waals surface area contributed by atoms with E-state index in [4.69, 9.17) is 10.5 Å². The maximum Gasteiger partial charge on any atom is 0.253 e. The van der Waals surface area contributed by atoms with Gasteiger partial charge in [0.05, 0.1) is 6.61 Å². The number of nitrogens with zero attached hydrogens (tertiary/aromatic N) is 1. The van der Waals surface area contributed by atoms with E-state index in [2.05, 4.69) is 28.6 Å². The lowest BCUT2D eigenvalue weighted by atomic mass is 9.74. The van der Waals surface area contributed by atoms with E-state index in [0.29, 0.717) is 31.8 Å². The smallest absolute Gasteiger partial charge is 0.253 e. The summed E-state index contributed by atoms with van der Waals surface area (Å²) in [7, 11) is 0. The monoisotopic (exact) mass is 426 g/mol. The molecule has 0 radical (unpaired) electrons. The minimum Gasteiger partial charge on any atom is -0.492 e. The predicted molar refractivity (Wildman–Crippen MR) is 110 cm³/mol. The topological polar surface area (TPSA) is 55.6 Å². The number of halogens is 1. The highest BCUT2D eigenvalue weighted by Crippen LogP contribution is 2.46. The lowest BCUT2D eigenvalue weighted by molar-refractivity contribution is -0.126. The van der Waals surface area contributed by atoms with Gasteiger partial charge in [0.15, 0.2) is 0 Å². The van der Waals surface area contributed by atoms with Crippen LogP contribution in [-0.4, -0.2) is 30.5 Å². The van der Waals surface area contributed by atoms with Gasteiger partial charge in [-0.25, -0.2) is 0 Å². The number of hydrogen-bond acceptors (Lipinski definition) is 3. The molecule has 4 nitrogen and oxygen atoms in total. The number of nitrogens with two attached hydrogens (primary N) is 1. The Morgan fingerprint density at radius 2 is 1.96 bits per heavy atom. The van der Waals surface area contributed by atoms with Gasteiger partial charge in [0.25, 0.3) is 5.91 Å². The molecule has 0 saturated carbocycles. The van der Waals surface area contributed by atoms with Crippen LogP contribution >= 0.6 is 15.9 Å². The molecule has 0 bridgehead atoms. The van der Waals surface area contributed by atoms with Gasteiger partial charge in [-0.1, -0.05) is 52.8 Å². The molecule has 2 heterocycles.